The van der Waals surface area contributed by atoms with Crippen LogP contribution in [0.4, 0.5) is 5.82 Å². The van der Waals surface area contributed by atoms with E-state index in [9.17, 15) is 9.90 Å². The van der Waals surface area contributed by atoms with Gasteiger partial charge in [0.1, 0.15) is 11.8 Å². The van der Waals surface area contributed by atoms with E-state index in [2.05, 4.69) is 25.3 Å². The molecule has 0 bridgehead atoms. The Labute approximate surface area is 115 Å². The quantitative estimate of drug-likeness (QED) is 0.784. The molecule has 2 atom stereocenters. The van der Waals surface area contributed by atoms with Crippen LogP contribution in [0.5, 0.6) is 0 Å². The average molecular weight is 275 g/mol. The van der Waals surface area contributed by atoms with Gasteiger partial charge in [0, 0.05) is 6.54 Å². The lowest BCUT2D eigenvalue weighted by atomic mass is 9.79. The first-order valence-corrected chi connectivity index (χ1v) is 6.86. The van der Waals surface area contributed by atoms with Crippen molar-refractivity contribution in [2.75, 3.05) is 11.9 Å². The molecule has 1 saturated carbocycles. The number of anilines is 1. The van der Waals surface area contributed by atoms with Crippen LogP contribution in [0.1, 0.15) is 25.7 Å². The molecule has 3 rings (SSSR count). The van der Waals surface area contributed by atoms with Crippen LogP contribution in [0.15, 0.2) is 12.7 Å². The number of hydrogen-bond donors (Lipinski definition) is 3. The molecule has 1 aliphatic rings. The van der Waals surface area contributed by atoms with Crippen molar-refractivity contribution in [3.8, 4) is 0 Å². The summed E-state index contributed by atoms with van der Waals surface area (Å²) in [6.45, 7) is 0.613. The van der Waals surface area contributed by atoms with Crippen LogP contribution in [0.2, 0.25) is 0 Å². The Hall–Kier alpha value is -2.18. The maximum atomic E-state index is 11.3. The number of aliphatic carboxylic acids is 1. The minimum atomic E-state index is -0.689. The van der Waals surface area contributed by atoms with Crippen LogP contribution in [-0.4, -0.2) is 37.6 Å². The van der Waals surface area contributed by atoms with E-state index in [-0.39, 0.29) is 11.8 Å². The van der Waals surface area contributed by atoms with Crippen molar-refractivity contribution in [2.45, 2.75) is 25.7 Å². The summed E-state index contributed by atoms with van der Waals surface area (Å²) < 4.78 is 0. The lowest BCUT2D eigenvalue weighted by Crippen LogP contribution is -2.31. The lowest BCUT2D eigenvalue weighted by molar-refractivity contribution is -0.144. The molecule has 0 saturated heterocycles. The Morgan fingerprint density at radius 3 is 3.05 bits per heavy atom. The van der Waals surface area contributed by atoms with Gasteiger partial charge in [0.25, 0.3) is 0 Å². The van der Waals surface area contributed by atoms with Crippen molar-refractivity contribution < 1.29 is 9.90 Å². The van der Waals surface area contributed by atoms with E-state index in [1.54, 1.807) is 6.33 Å². The number of H-pyrrole nitrogens is 1. The number of imidazole rings is 1. The first-order chi connectivity index (χ1) is 9.75. The topological polar surface area (TPSA) is 104 Å². The van der Waals surface area contributed by atoms with Crippen molar-refractivity contribution in [3.05, 3.63) is 12.7 Å². The highest BCUT2D eigenvalue weighted by molar-refractivity contribution is 5.81. The molecule has 2 unspecified atom stereocenters. The minimum absolute atomic E-state index is 0.147. The number of nitrogens with one attached hydrogen (secondary N) is 2. The monoisotopic (exact) mass is 275 g/mol. The number of carbonyl (C=O) groups is 1. The fraction of sp³-hybridized carbons (Fsp3) is 0.538. The molecular formula is C13H17N5O2. The number of hydrogen-bond acceptors (Lipinski definition) is 5. The number of aromatic nitrogens is 4. The Morgan fingerprint density at radius 2 is 2.20 bits per heavy atom. The molecule has 0 aromatic carbocycles. The number of nitrogens with zero attached hydrogens (tertiary/aromatic N) is 3. The van der Waals surface area contributed by atoms with E-state index in [0.29, 0.717) is 18.0 Å². The van der Waals surface area contributed by atoms with Gasteiger partial charge in [-0.1, -0.05) is 12.8 Å². The molecule has 0 aliphatic heterocycles. The van der Waals surface area contributed by atoms with Crippen LogP contribution in [0.25, 0.3) is 11.2 Å². The third-order valence-electron chi connectivity index (χ3n) is 3.98. The second-order valence-electron chi connectivity index (χ2n) is 5.19. The largest absolute Gasteiger partial charge is 0.481 e. The summed E-state index contributed by atoms with van der Waals surface area (Å²) in [5.74, 6) is -0.113. The van der Waals surface area contributed by atoms with Gasteiger partial charge in [0.2, 0.25) is 0 Å². The number of aromatic amines is 1. The zero-order valence-corrected chi connectivity index (χ0v) is 11.0. The molecule has 106 valence electrons. The van der Waals surface area contributed by atoms with Gasteiger partial charge in [-0.15, -0.1) is 0 Å². The van der Waals surface area contributed by atoms with Gasteiger partial charge < -0.3 is 15.4 Å². The van der Waals surface area contributed by atoms with E-state index >= 15 is 0 Å². The highest BCUT2D eigenvalue weighted by atomic mass is 16.4. The highest BCUT2D eigenvalue weighted by Crippen LogP contribution is 2.30. The van der Waals surface area contributed by atoms with Gasteiger partial charge in [-0.2, -0.15) is 0 Å². The standard InChI is InChI=1S/C13H17N5O2/c19-13(20)9-4-2-1-3-8(9)5-14-11-10-12(16-6-15-10)18-7-17-11/h6-9H,1-5H2,(H,19,20)(H2,14,15,16,17,18). The molecule has 2 aromatic rings. The molecule has 20 heavy (non-hydrogen) atoms. The molecular weight excluding hydrogens is 258 g/mol. The summed E-state index contributed by atoms with van der Waals surface area (Å²) in [4.78, 5) is 26.6. The molecule has 1 fully saturated rings. The zero-order valence-electron chi connectivity index (χ0n) is 11.0. The molecule has 7 nitrogen and oxygen atoms in total. The van der Waals surface area contributed by atoms with Crippen LogP contribution in [0, 0.1) is 11.8 Å². The van der Waals surface area contributed by atoms with E-state index in [4.69, 9.17) is 0 Å². The summed E-state index contributed by atoms with van der Waals surface area (Å²) in [7, 11) is 0. The molecule has 7 heteroatoms. The predicted molar refractivity (Wildman–Crippen MR) is 73.3 cm³/mol. The van der Waals surface area contributed by atoms with E-state index in [1.165, 1.54) is 6.33 Å². The summed E-state index contributed by atoms with van der Waals surface area (Å²) in [5.41, 5.74) is 1.37. The van der Waals surface area contributed by atoms with Crippen molar-refractivity contribution >= 4 is 23.0 Å². The molecule has 0 amide bonds. The second-order valence-corrected chi connectivity index (χ2v) is 5.19. The fourth-order valence-corrected chi connectivity index (χ4v) is 2.90. The minimum Gasteiger partial charge on any atom is -0.481 e. The summed E-state index contributed by atoms with van der Waals surface area (Å²) >= 11 is 0. The van der Waals surface area contributed by atoms with E-state index in [0.717, 1.165) is 31.2 Å². The Bertz CT molecular complexity index is 612. The number of carboxylic acids is 1. The van der Waals surface area contributed by atoms with Crippen LogP contribution in [-0.2, 0) is 4.79 Å². The summed E-state index contributed by atoms with van der Waals surface area (Å²) in [5, 5.41) is 12.5. The summed E-state index contributed by atoms with van der Waals surface area (Å²) in [6.07, 6.45) is 6.85. The molecule has 2 aromatic heterocycles. The smallest absolute Gasteiger partial charge is 0.306 e. The maximum Gasteiger partial charge on any atom is 0.306 e. The SMILES string of the molecule is O=C(O)C1CCCCC1CNc1ncnc2nc[nH]c12. The van der Waals surface area contributed by atoms with Crippen molar-refractivity contribution in [1.82, 2.24) is 19.9 Å². The van der Waals surface area contributed by atoms with Crippen molar-refractivity contribution in [3.63, 3.8) is 0 Å². The average Bonchev–Trinajstić information content (AvgIpc) is 2.94. The molecule has 1 aliphatic carbocycles. The van der Waals surface area contributed by atoms with Gasteiger partial charge in [0.15, 0.2) is 11.5 Å². The molecule has 2 heterocycles. The maximum absolute atomic E-state index is 11.3. The van der Waals surface area contributed by atoms with Crippen LogP contribution in [0.3, 0.4) is 0 Å². The summed E-state index contributed by atoms with van der Waals surface area (Å²) in [6, 6.07) is 0. The number of rotatable bonds is 4. The predicted octanol–water partition coefficient (Wildman–Crippen LogP) is 1.66. The lowest BCUT2D eigenvalue weighted by Gasteiger charge is -2.28. The van der Waals surface area contributed by atoms with Gasteiger partial charge >= 0.3 is 5.97 Å². The highest BCUT2D eigenvalue weighted by Gasteiger charge is 2.30. The molecule has 0 spiro atoms. The Balaban J connectivity index is 1.72. The first-order valence-electron chi connectivity index (χ1n) is 6.86. The third kappa shape index (κ3) is 2.43. The van der Waals surface area contributed by atoms with Crippen molar-refractivity contribution in [2.24, 2.45) is 11.8 Å². The molecule has 0 radical (unpaired) electrons. The Morgan fingerprint density at radius 1 is 1.35 bits per heavy atom. The van der Waals surface area contributed by atoms with Gasteiger partial charge in [-0.25, -0.2) is 15.0 Å². The van der Waals surface area contributed by atoms with E-state index in [1.807, 2.05) is 0 Å². The van der Waals surface area contributed by atoms with E-state index < -0.39 is 5.97 Å². The zero-order chi connectivity index (χ0) is 13.9. The Kier molecular flexibility index (Phi) is 3.49. The third-order valence-corrected chi connectivity index (χ3v) is 3.98. The molecule has 3 N–H and O–H groups in total. The first kappa shape index (κ1) is 12.8. The number of fused-ring (bicyclic) bond motifs is 1. The second kappa shape index (κ2) is 5.44. The van der Waals surface area contributed by atoms with Crippen LogP contribution < -0.4 is 5.32 Å². The van der Waals surface area contributed by atoms with Gasteiger partial charge in [-0.05, 0) is 18.8 Å². The van der Waals surface area contributed by atoms with Crippen molar-refractivity contribution in [1.29, 1.82) is 0 Å². The van der Waals surface area contributed by atoms with Gasteiger partial charge in [0.05, 0.1) is 12.2 Å². The normalized spacial score (nSPS) is 22.8. The van der Waals surface area contributed by atoms with Gasteiger partial charge in [-0.3, -0.25) is 4.79 Å². The fourth-order valence-electron chi connectivity index (χ4n) is 2.90. The van der Waals surface area contributed by atoms with Crippen LogP contribution >= 0.6 is 0 Å². The number of carboxylic acid groups (broad SMARTS) is 1.